The summed E-state index contributed by atoms with van der Waals surface area (Å²) in [5.41, 5.74) is 0.876. The van der Waals surface area contributed by atoms with Gasteiger partial charge in [0.2, 0.25) is 0 Å². The van der Waals surface area contributed by atoms with Crippen LogP contribution < -0.4 is 0 Å². The van der Waals surface area contributed by atoms with Gasteiger partial charge >= 0.3 is 5.88 Å². The first kappa shape index (κ1) is 14.3. The maximum atomic E-state index is 10.6. The van der Waals surface area contributed by atoms with Crippen molar-refractivity contribution in [1.82, 2.24) is 4.98 Å². The zero-order chi connectivity index (χ0) is 15.5. The number of thiazole rings is 1. The Morgan fingerprint density at radius 1 is 1.41 bits per heavy atom. The predicted octanol–water partition coefficient (Wildman–Crippen LogP) is 4.45. The van der Waals surface area contributed by atoms with E-state index in [4.69, 9.17) is 4.42 Å². The molecule has 0 aliphatic rings. The second-order valence-corrected chi connectivity index (χ2v) is 6.42. The Balaban J connectivity index is 1.85. The molecule has 0 atom stereocenters. The minimum absolute atomic E-state index is 0.261. The van der Waals surface area contributed by atoms with Gasteiger partial charge in [-0.2, -0.15) is 5.26 Å². The largest absolute Gasteiger partial charge is 0.433 e. The van der Waals surface area contributed by atoms with E-state index in [1.165, 1.54) is 41.3 Å². The number of para-hydroxylation sites is 1. The SMILES string of the molecule is N#C/C(=C\c1ccc([N+](=O)[O-])o1)Sc1nc2ccccc2s1. The summed E-state index contributed by atoms with van der Waals surface area (Å²) in [4.78, 5) is 14.7. The van der Waals surface area contributed by atoms with Gasteiger partial charge in [-0.05, 0) is 30.0 Å². The van der Waals surface area contributed by atoms with Crippen LogP contribution in [0.5, 0.6) is 0 Å². The normalized spacial score (nSPS) is 11.5. The van der Waals surface area contributed by atoms with E-state index in [1.54, 1.807) is 0 Å². The molecule has 0 spiro atoms. The number of allylic oxidation sites excluding steroid dienone is 1. The van der Waals surface area contributed by atoms with Gasteiger partial charge in [0.1, 0.15) is 16.8 Å². The van der Waals surface area contributed by atoms with Crippen LogP contribution in [0, 0.1) is 21.4 Å². The first-order valence-electron chi connectivity index (χ1n) is 6.05. The lowest BCUT2D eigenvalue weighted by Gasteiger charge is -1.92. The number of furan rings is 1. The van der Waals surface area contributed by atoms with Crippen molar-refractivity contribution in [2.75, 3.05) is 0 Å². The Hall–Kier alpha value is -2.63. The predicted molar refractivity (Wildman–Crippen MR) is 84.4 cm³/mol. The zero-order valence-corrected chi connectivity index (χ0v) is 12.6. The van der Waals surface area contributed by atoms with Gasteiger partial charge in [-0.15, -0.1) is 11.3 Å². The van der Waals surface area contributed by atoms with Gasteiger partial charge in [-0.25, -0.2) is 4.98 Å². The molecule has 0 N–H and O–H groups in total. The summed E-state index contributed by atoms with van der Waals surface area (Å²) in [5.74, 6) is -0.0922. The molecule has 2 heterocycles. The van der Waals surface area contributed by atoms with Crippen molar-refractivity contribution in [1.29, 1.82) is 5.26 Å². The summed E-state index contributed by atoms with van der Waals surface area (Å²) in [7, 11) is 0. The molecule has 3 rings (SSSR count). The molecule has 3 aromatic rings. The van der Waals surface area contributed by atoms with Crippen molar-refractivity contribution in [3.05, 3.63) is 57.2 Å². The van der Waals surface area contributed by atoms with Crippen LogP contribution >= 0.6 is 23.1 Å². The Bertz CT molecular complexity index is 888. The number of nitriles is 1. The molecule has 0 saturated heterocycles. The van der Waals surface area contributed by atoms with E-state index in [1.807, 2.05) is 30.3 Å². The third kappa shape index (κ3) is 3.00. The van der Waals surface area contributed by atoms with Crippen LogP contribution in [-0.2, 0) is 0 Å². The highest BCUT2D eigenvalue weighted by atomic mass is 32.2. The van der Waals surface area contributed by atoms with Crippen molar-refractivity contribution in [2.24, 2.45) is 0 Å². The standard InChI is InChI=1S/C14H7N3O3S2/c15-8-10(7-9-5-6-13(20-9)17(18)19)21-14-16-11-3-1-2-4-12(11)22-14/h1-7H/b10-7+. The van der Waals surface area contributed by atoms with Gasteiger partial charge < -0.3 is 4.42 Å². The number of nitrogens with zero attached hydrogens (tertiary/aromatic N) is 3. The fourth-order valence-electron chi connectivity index (χ4n) is 1.72. The van der Waals surface area contributed by atoms with Crippen LogP contribution in [-0.4, -0.2) is 9.91 Å². The van der Waals surface area contributed by atoms with E-state index in [-0.39, 0.29) is 11.6 Å². The van der Waals surface area contributed by atoms with Crippen LogP contribution in [0.4, 0.5) is 5.88 Å². The van der Waals surface area contributed by atoms with Crippen LogP contribution in [0.3, 0.4) is 0 Å². The summed E-state index contributed by atoms with van der Waals surface area (Å²) in [6.45, 7) is 0. The molecule has 108 valence electrons. The van der Waals surface area contributed by atoms with E-state index in [0.29, 0.717) is 4.91 Å². The molecule has 1 aromatic carbocycles. The van der Waals surface area contributed by atoms with Gasteiger partial charge in [-0.3, -0.25) is 10.1 Å². The molecular weight excluding hydrogens is 322 g/mol. The molecule has 0 saturated carbocycles. The number of aromatic nitrogens is 1. The minimum Gasteiger partial charge on any atom is -0.401 e. The molecule has 0 bridgehead atoms. The van der Waals surface area contributed by atoms with Crippen LogP contribution in [0.25, 0.3) is 16.3 Å². The average Bonchev–Trinajstić information content (AvgIpc) is 3.12. The minimum atomic E-state index is -0.621. The molecule has 0 radical (unpaired) electrons. The number of hydrogen-bond donors (Lipinski definition) is 0. The number of hydrogen-bond acceptors (Lipinski definition) is 7. The van der Waals surface area contributed by atoms with Gasteiger partial charge in [-0.1, -0.05) is 12.1 Å². The Morgan fingerprint density at radius 2 is 2.23 bits per heavy atom. The fraction of sp³-hybridized carbons (Fsp3) is 0. The summed E-state index contributed by atoms with van der Waals surface area (Å²) >= 11 is 2.69. The van der Waals surface area contributed by atoms with Crippen molar-refractivity contribution in [2.45, 2.75) is 4.34 Å². The maximum absolute atomic E-state index is 10.6. The molecule has 0 aliphatic carbocycles. The molecule has 8 heteroatoms. The lowest BCUT2D eigenvalue weighted by Crippen LogP contribution is -1.82. The van der Waals surface area contributed by atoms with E-state index in [2.05, 4.69) is 4.98 Å². The average molecular weight is 329 g/mol. The second-order valence-electron chi connectivity index (χ2n) is 4.10. The number of benzene rings is 1. The summed E-state index contributed by atoms with van der Waals surface area (Å²) < 4.78 is 6.79. The van der Waals surface area contributed by atoms with Crippen molar-refractivity contribution < 1.29 is 9.34 Å². The highest BCUT2D eigenvalue weighted by molar-refractivity contribution is 8.05. The first-order valence-corrected chi connectivity index (χ1v) is 7.68. The van der Waals surface area contributed by atoms with Gasteiger partial charge in [0.15, 0.2) is 4.34 Å². The molecule has 6 nitrogen and oxygen atoms in total. The third-order valence-electron chi connectivity index (χ3n) is 2.65. The van der Waals surface area contributed by atoms with Crippen molar-refractivity contribution >= 4 is 45.3 Å². The molecular formula is C14H7N3O3S2. The van der Waals surface area contributed by atoms with E-state index in [9.17, 15) is 15.4 Å². The monoisotopic (exact) mass is 329 g/mol. The van der Waals surface area contributed by atoms with E-state index < -0.39 is 4.92 Å². The second kappa shape index (κ2) is 6.01. The molecule has 0 fully saturated rings. The molecule has 0 amide bonds. The quantitative estimate of drug-likeness (QED) is 0.304. The van der Waals surface area contributed by atoms with E-state index in [0.717, 1.165) is 14.6 Å². The molecule has 2 aromatic heterocycles. The molecule has 0 unspecified atom stereocenters. The Labute approximate surface area is 132 Å². The summed E-state index contributed by atoms with van der Waals surface area (Å²) in [5, 5.41) is 19.8. The molecule has 22 heavy (non-hydrogen) atoms. The van der Waals surface area contributed by atoms with Crippen molar-refractivity contribution in [3.63, 3.8) is 0 Å². The topological polar surface area (TPSA) is 93.0 Å². The third-order valence-corrected chi connectivity index (χ3v) is 4.67. The van der Waals surface area contributed by atoms with Crippen LogP contribution in [0.2, 0.25) is 0 Å². The van der Waals surface area contributed by atoms with Gasteiger partial charge in [0, 0.05) is 6.08 Å². The van der Waals surface area contributed by atoms with Gasteiger partial charge in [0.25, 0.3) is 0 Å². The highest BCUT2D eigenvalue weighted by Gasteiger charge is 2.12. The van der Waals surface area contributed by atoms with Crippen LogP contribution in [0.1, 0.15) is 5.76 Å². The number of fused-ring (bicyclic) bond motifs is 1. The Morgan fingerprint density at radius 3 is 2.91 bits per heavy atom. The Kier molecular flexibility index (Phi) is 3.91. The fourth-order valence-corrected chi connectivity index (χ4v) is 3.68. The lowest BCUT2D eigenvalue weighted by molar-refractivity contribution is -0.402. The van der Waals surface area contributed by atoms with Crippen molar-refractivity contribution in [3.8, 4) is 6.07 Å². The van der Waals surface area contributed by atoms with Gasteiger partial charge in [0.05, 0.1) is 21.2 Å². The van der Waals surface area contributed by atoms with E-state index >= 15 is 0 Å². The summed E-state index contributed by atoms with van der Waals surface area (Å²) in [6, 6.07) is 12.4. The smallest absolute Gasteiger partial charge is 0.401 e. The van der Waals surface area contributed by atoms with Crippen LogP contribution in [0.15, 0.2) is 50.1 Å². The highest BCUT2D eigenvalue weighted by Crippen LogP contribution is 2.34. The first-order chi connectivity index (χ1) is 10.7. The lowest BCUT2D eigenvalue weighted by atomic mass is 10.3. The maximum Gasteiger partial charge on any atom is 0.433 e. The molecule has 0 aliphatic heterocycles. The number of rotatable bonds is 4. The number of thioether (sulfide) groups is 1. The number of nitro groups is 1. The zero-order valence-electron chi connectivity index (χ0n) is 10.9. The summed E-state index contributed by atoms with van der Waals surface area (Å²) in [6.07, 6.45) is 1.46.